The second-order valence-corrected chi connectivity index (χ2v) is 5.27. The Balaban J connectivity index is 2.16. The summed E-state index contributed by atoms with van der Waals surface area (Å²) < 4.78 is 0. The molecule has 1 fully saturated rings. The van der Waals surface area contributed by atoms with Gasteiger partial charge in [-0.1, -0.05) is 0 Å². The third-order valence-electron chi connectivity index (χ3n) is 3.04. The average molecular weight is 184 g/mol. The van der Waals surface area contributed by atoms with Gasteiger partial charge in [0.1, 0.15) is 0 Å². The molecule has 0 saturated carbocycles. The van der Waals surface area contributed by atoms with Crippen molar-refractivity contribution in [1.29, 1.82) is 0 Å². The van der Waals surface area contributed by atoms with Crippen LogP contribution in [0.2, 0.25) is 0 Å². The van der Waals surface area contributed by atoms with Crippen molar-refractivity contribution in [3.05, 3.63) is 0 Å². The molecule has 0 aromatic carbocycles. The van der Waals surface area contributed by atoms with E-state index in [-0.39, 0.29) is 5.54 Å². The van der Waals surface area contributed by atoms with Gasteiger partial charge in [0.15, 0.2) is 0 Å². The lowest BCUT2D eigenvalue weighted by molar-refractivity contribution is 0.203. The van der Waals surface area contributed by atoms with E-state index < -0.39 is 0 Å². The zero-order chi connectivity index (χ0) is 9.90. The summed E-state index contributed by atoms with van der Waals surface area (Å²) in [7, 11) is 2.21. The van der Waals surface area contributed by atoms with E-state index in [1.807, 2.05) is 0 Å². The zero-order valence-corrected chi connectivity index (χ0v) is 9.34. The number of nitrogens with two attached hydrogens (primary N) is 1. The summed E-state index contributed by atoms with van der Waals surface area (Å²) >= 11 is 0. The quantitative estimate of drug-likeness (QED) is 0.725. The van der Waals surface area contributed by atoms with Crippen LogP contribution in [0.25, 0.3) is 0 Å². The van der Waals surface area contributed by atoms with Gasteiger partial charge >= 0.3 is 0 Å². The van der Waals surface area contributed by atoms with Gasteiger partial charge in [-0.05, 0) is 65.6 Å². The predicted molar refractivity (Wildman–Crippen MR) is 57.7 cm³/mol. The Kier molecular flexibility index (Phi) is 3.74. The highest BCUT2D eigenvalue weighted by atomic mass is 15.1. The fourth-order valence-corrected chi connectivity index (χ4v) is 1.93. The first-order chi connectivity index (χ1) is 5.97. The van der Waals surface area contributed by atoms with Crippen molar-refractivity contribution in [2.45, 2.75) is 45.1 Å². The largest absolute Gasteiger partial charge is 0.326 e. The number of rotatable bonds is 3. The molecule has 1 saturated heterocycles. The molecule has 2 nitrogen and oxygen atoms in total. The maximum absolute atomic E-state index is 5.97. The minimum atomic E-state index is 0.0311. The van der Waals surface area contributed by atoms with Gasteiger partial charge < -0.3 is 10.6 Å². The van der Waals surface area contributed by atoms with Crippen LogP contribution >= 0.6 is 0 Å². The van der Waals surface area contributed by atoms with Crippen LogP contribution in [0.5, 0.6) is 0 Å². The predicted octanol–water partition coefficient (Wildman–Crippen LogP) is 1.85. The first-order valence-electron chi connectivity index (χ1n) is 5.45. The molecule has 2 heteroatoms. The zero-order valence-electron chi connectivity index (χ0n) is 9.34. The van der Waals surface area contributed by atoms with E-state index in [9.17, 15) is 0 Å². The molecule has 1 aliphatic heterocycles. The first kappa shape index (κ1) is 11.0. The van der Waals surface area contributed by atoms with Crippen LogP contribution in [0.1, 0.15) is 39.5 Å². The third-order valence-corrected chi connectivity index (χ3v) is 3.04. The van der Waals surface area contributed by atoms with Crippen LogP contribution in [0.4, 0.5) is 0 Å². The van der Waals surface area contributed by atoms with Crippen molar-refractivity contribution >= 4 is 0 Å². The van der Waals surface area contributed by atoms with Crippen molar-refractivity contribution in [1.82, 2.24) is 4.90 Å². The summed E-state index contributed by atoms with van der Waals surface area (Å²) in [5.41, 5.74) is 6.00. The molecule has 0 aliphatic carbocycles. The highest BCUT2D eigenvalue weighted by Crippen LogP contribution is 2.23. The molecule has 13 heavy (non-hydrogen) atoms. The summed E-state index contributed by atoms with van der Waals surface area (Å²) in [6.45, 7) is 6.80. The minimum absolute atomic E-state index is 0.0311. The van der Waals surface area contributed by atoms with Crippen LogP contribution in [-0.2, 0) is 0 Å². The number of hydrogen-bond donors (Lipinski definition) is 1. The molecule has 0 radical (unpaired) electrons. The molecule has 0 aromatic rings. The number of likely N-dealkylation sites (tertiary alicyclic amines) is 1. The normalized spacial score (nSPS) is 22.2. The maximum Gasteiger partial charge on any atom is 0.00971 e. The average Bonchev–Trinajstić information content (AvgIpc) is 2.02. The summed E-state index contributed by atoms with van der Waals surface area (Å²) in [6, 6.07) is 0. The van der Waals surface area contributed by atoms with Gasteiger partial charge in [-0.2, -0.15) is 0 Å². The smallest absolute Gasteiger partial charge is 0.00971 e. The molecular formula is C11H24N2. The van der Waals surface area contributed by atoms with Crippen molar-refractivity contribution < 1.29 is 0 Å². The van der Waals surface area contributed by atoms with E-state index in [0.29, 0.717) is 0 Å². The van der Waals surface area contributed by atoms with Gasteiger partial charge in [-0.15, -0.1) is 0 Å². The maximum atomic E-state index is 5.97. The van der Waals surface area contributed by atoms with E-state index in [1.54, 1.807) is 0 Å². The fraction of sp³-hybridized carbons (Fsp3) is 1.00. The first-order valence-corrected chi connectivity index (χ1v) is 5.45. The van der Waals surface area contributed by atoms with Crippen LogP contribution in [-0.4, -0.2) is 30.6 Å². The Bertz CT molecular complexity index is 141. The lowest BCUT2D eigenvalue weighted by Crippen LogP contribution is -2.34. The van der Waals surface area contributed by atoms with Crippen LogP contribution in [0, 0.1) is 5.92 Å². The van der Waals surface area contributed by atoms with E-state index >= 15 is 0 Å². The van der Waals surface area contributed by atoms with E-state index in [4.69, 9.17) is 5.73 Å². The Labute approximate surface area is 82.5 Å². The molecule has 0 atom stereocenters. The molecule has 0 aromatic heterocycles. The van der Waals surface area contributed by atoms with Crippen LogP contribution < -0.4 is 5.73 Å². The van der Waals surface area contributed by atoms with Crippen LogP contribution in [0.15, 0.2) is 0 Å². The molecule has 0 bridgehead atoms. The van der Waals surface area contributed by atoms with Gasteiger partial charge in [0.25, 0.3) is 0 Å². The van der Waals surface area contributed by atoms with Gasteiger partial charge in [0, 0.05) is 5.54 Å². The summed E-state index contributed by atoms with van der Waals surface area (Å²) in [5.74, 6) is 0.930. The molecule has 2 N–H and O–H groups in total. The Morgan fingerprint density at radius 2 is 1.85 bits per heavy atom. The van der Waals surface area contributed by atoms with Crippen molar-refractivity contribution in [3.8, 4) is 0 Å². The molecule has 0 unspecified atom stereocenters. The lowest BCUT2D eigenvalue weighted by Gasteiger charge is -2.30. The van der Waals surface area contributed by atoms with Gasteiger partial charge in [0.2, 0.25) is 0 Å². The van der Waals surface area contributed by atoms with E-state index in [2.05, 4.69) is 25.8 Å². The molecule has 0 amide bonds. The Hall–Kier alpha value is -0.0800. The molecule has 1 aliphatic rings. The Morgan fingerprint density at radius 3 is 2.31 bits per heavy atom. The molecule has 1 heterocycles. The summed E-state index contributed by atoms with van der Waals surface area (Å²) in [4.78, 5) is 2.42. The standard InChI is InChI=1S/C11H24N2/c1-11(2,12)7-4-10-5-8-13(3)9-6-10/h10H,4-9,12H2,1-3H3. The monoisotopic (exact) mass is 184 g/mol. The Morgan fingerprint density at radius 1 is 1.31 bits per heavy atom. The van der Waals surface area contributed by atoms with Gasteiger partial charge in [-0.25, -0.2) is 0 Å². The number of hydrogen-bond acceptors (Lipinski definition) is 2. The molecule has 1 rings (SSSR count). The van der Waals surface area contributed by atoms with Crippen molar-refractivity contribution in [2.24, 2.45) is 11.7 Å². The highest BCUT2D eigenvalue weighted by Gasteiger charge is 2.19. The second kappa shape index (κ2) is 4.43. The fourth-order valence-electron chi connectivity index (χ4n) is 1.93. The molecular weight excluding hydrogens is 160 g/mol. The molecule has 78 valence electrons. The van der Waals surface area contributed by atoms with Crippen LogP contribution in [0.3, 0.4) is 0 Å². The third kappa shape index (κ3) is 4.63. The minimum Gasteiger partial charge on any atom is -0.326 e. The van der Waals surface area contributed by atoms with Gasteiger partial charge in [0.05, 0.1) is 0 Å². The topological polar surface area (TPSA) is 29.3 Å². The number of piperidine rings is 1. The summed E-state index contributed by atoms with van der Waals surface area (Å²) in [5, 5.41) is 0. The van der Waals surface area contributed by atoms with E-state index in [0.717, 1.165) is 5.92 Å². The number of nitrogens with zero attached hydrogens (tertiary/aromatic N) is 1. The lowest BCUT2D eigenvalue weighted by atomic mass is 9.87. The highest BCUT2D eigenvalue weighted by molar-refractivity contribution is 4.76. The summed E-state index contributed by atoms with van der Waals surface area (Å²) in [6.07, 6.45) is 5.22. The van der Waals surface area contributed by atoms with Crippen molar-refractivity contribution in [3.63, 3.8) is 0 Å². The second-order valence-electron chi connectivity index (χ2n) is 5.27. The SMILES string of the molecule is CN1CCC(CCC(C)(C)N)CC1. The van der Waals surface area contributed by atoms with Crippen molar-refractivity contribution in [2.75, 3.05) is 20.1 Å². The van der Waals surface area contributed by atoms with Gasteiger partial charge in [-0.3, -0.25) is 0 Å². The molecule has 0 spiro atoms. The van der Waals surface area contributed by atoms with E-state index in [1.165, 1.54) is 38.8 Å².